The first-order chi connectivity index (χ1) is 13.9. The SMILES string of the molecule is Cc1cccc(NC(=O)NCC(=O)N2[C@@H](c3ccccc3F)SC[C@H]2C(=O)O)c1. The molecule has 0 bridgehead atoms. The molecule has 3 N–H and O–H groups in total. The van der Waals surface area contributed by atoms with E-state index in [9.17, 15) is 23.9 Å². The summed E-state index contributed by atoms with van der Waals surface area (Å²) in [7, 11) is 0. The third-order valence-corrected chi connectivity index (χ3v) is 5.73. The molecule has 1 aliphatic heterocycles. The first-order valence-corrected chi connectivity index (χ1v) is 9.93. The van der Waals surface area contributed by atoms with Crippen LogP contribution >= 0.6 is 11.8 Å². The summed E-state index contributed by atoms with van der Waals surface area (Å²) >= 11 is 1.18. The number of amides is 3. The molecule has 1 fully saturated rings. The van der Waals surface area contributed by atoms with E-state index in [1.807, 2.05) is 13.0 Å². The average Bonchev–Trinajstić information content (AvgIpc) is 3.12. The summed E-state index contributed by atoms with van der Waals surface area (Å²) in [5.74, 6) is -2.15. The molecular formula is C20H20FN3O4S. The summed E-state index contributed by atoms with van der Waals surface area (Å²) in [6.07, 6.45) is 0. The predicted molar refractivity (Wildman–Crippen MR) is 108 cm³/mol. The second-order valence-electron chi connectivity index (χ2n) is 6.54. The van der Waals surface area contributed by atoms with Gasteiger partial charge in [-0.2, -0.15) is 0 Å². The van der Waals surface area contributed by atoms with Gasteiger partial charge >= 0.3 is 12.0 Å². The number of aryl methyl sites for hydroxylation is 1. The van der Waals surface area contributed by atoms with Crippen molar-refractivity contribution in [3.8, 4) is 0 Å². The lowest BCUT2D eigenvalue weighted by Gasteiger charge is -2.28. The third-order valence-electron chi connectivity index (χ3n) is 4.42. The van der Waals surface area contributed by atoms with Crippen LogP contribution < -0.4 is 10.6 Å². The van der Waals surface area contributed by atoms with E-state index in [0.29, 0.717) is 5.69 Å². The van der Waals surface area contributed by atoms with E-state index in [-0.39, 0.29) is 11.3 Å². The molecule has 1 aliphatic rings. The van der Waals surface area contributed by atoms with Crippen LogP contribution in [0.25, 0.3) is 0 Å². The van der Waals surface area contributed by atoms with Crippen LogP contribution in [0, 0.1) is 12.7 Å². The minimum Gasteiger partial charge on any atom is -0.480 e. The Bertz CT molecular complexity index is 939. The topological polar surface area (TPSA) is 98.7 Å². The van der Waals surface area contributed by atoms with E-state index in [1.165, 1.54) is 30.0 Å². The molecule has 2 atom stereocenters. The van der Waals surface area contributed by atoms with Gasteiger partial charge in [0.15, 0.2) is 0 Å². The minimum atomic E-state index is -1.17. The van der Waals surface area contributed by atoms with Gasteiger partial charge in [-0.15, -0.1) is 11.8 Å². The molecule has 1 heterocycles. The number of aliphatic carboxylic acids is 1. The highest BCUT2D eigenvalue weighted by Gasteiger charge is 2.43. The molecule has 2 aromatic carbocycles. The zero-order valence-electron chi connectivity index (χ0n) is 15.6. The van der Waals surface area contributed by atoms with Gasteiger partial charge < -0.3 is 20.6 Å². The Kier molecular flexibility index (Phi) is 6.38. The van der Waals surface area contributed by atoms with Crippen LogP contribution in [0.4, 0.5) is 14.9 Å². The summed E-state index contributed by atoms with van der Waals surface area (Å²) < 4.78 is 14.2. The zero-order chi connectivity index (χ0) is 21.0. The average molecular weight is 417 g/mol. The first-order valence-electron chi connectivity index (χ1n) is 8.88. The van der Waals surface area contributed by atoms with Crippen LogP contribution in [0.2, 0.25) is 0 Å². The molecule has 0 unspecified atom stereocenters. The second kappa shape index (κ2) is 8.95. The van der Waals surface area contributed by atoms with Gasteiger partial charge in [-0.05, 0) is 30.7 Å². The van der Waals surface area contributed by atoms with Gasteiger partial charge in [-0.3, -0.25) is 4.79 Å². The normalized spacial score (nSPS) is 18.3. The van der Waals surface area contributed by atoms with Gasteiger partial charge in [0.2, 0.25) is 5.91 Å². The molecule has 9 heteroatoms. The largest absolute Gasteiger partial charge is 0.480 e. The highest BCUT2D eigenvalue weighted by atomic mass is 32.2. The number of halogens is 1. The number of urea groups is 1. The Morgan fingerprint density at radius 3 is 2.66 bits per heavy atom. The van der Waals surface area contributed by atoms with E-state index < -0.39 is 41.7 Å². The standard InChI is InChI=1S/C20H20FN3O4S/c1-12-5-4-6-13(9-12)23-20(28)22-10-17(25)24-16(19(26)27)11-29-18(24)14-7-2-3-8-15(14)21/h2-9,16,18H,10-11H2,1H3,(H,26,27)(H2,22,23,28)/t16-,18+/m0/s1. The Hall–Kier alpha value is -3.07. The molecule has 0 aromatic heterocycles. The number of carbonyl (C=O) groups is 3. The number of hydrogen-bond donors (Lipinski definition) is 3. The van der Waals surface area contributed by atoms with Crippen molar-refractivity contribution in [2.75, 3.05) is 17.6 Å². The second-order valence-corrected chi connectivity index (χ2v) is 7.65. The maximum absolute atomic E-state index is 14.2. The monoisotopic (exact) mass is 417 g/mol. The van der Waals surface area contributed by atoms with Crippen LogP contribution in [-0.4, -0.2) is 46.3 Å². The molecule has 7 nitrogen and oxygen atoms in total. The van der Waals surface area contributed by atoms with E-state index in [0.717, 1.165) is 10.5 Å². The van der Waals surface area contributed by atoms with E-state index in [1.54, 1.807) is 24.3 Å². The number of carbonyl (C=O) groups excluding carboxylic acids is 2. The fourth-order valence-electron chi connectivity index (χ4n) is 3.06. The summed E-state index contributed by atoms with van der Waals surface area (Å²) in [6, 6.07) is 11.4. The molecule has 2 aromatic rings. The fraction of sp³-hybridized carbons (Fsp3) is 0.250. The molecule has 0 saturated carbocycles. The van der Waals surface area contributed by atoms with Gasteiger partial charge in [0.05, 0.1) is 6.54 Å². The molecule has 0 radical (unpaired) electrons. The number of nitrogens with zero attached hydrogens (tertiary/aromatic N) is 1. The van der Waals surface area contributed by atoms with Crippen LogP contribution in [0.15, 0.2) is 48.5 Å². The van der Waals surface area contributed by atoms with Crippen molar-refractivity contribution >= 4 is 35.4 Å². The summed E-state index contributed by atoms with van der Waals surface area (Å²) in [5, 5.41) is 13.7. The van der Waals surface area contributed by atoms with Crippen LogP contribution in [0.3, 0.4) is 0 Å². The Morgan fingerprint density at radius 2 is 1.97 bits per heavy atom. The zero-order valence-corrected chi connectivity index (χ0v) is 16.4. The van der Waals surface area contributed by atoms with E-state index >= 15 is 0 Å². The maximum atomic E-state index is 14.2. The van der Waals surface area contributed by atoms with Crippen molar-refractivity contribution in [3.05, 3.63) is 65.5 Å². The molecule has 0 spiro atoms. The van der Waals surface area contributed by atoms with Crippen molar-refractivity contribution in [3.63, 3.8) is 0 Å². The first kappa shape index (κ1) is 20.7. The number of rotatable bonds is 5. The number of hydrogen-bond acceptors (Lipinski definition) is 4. The molecule has 1 saturated heterocycles. The Labute approximate surface area is 171 Å². The van der Waals surface area contributed by atoms with Gasteiger partial charge in [-0.1, -0.05) is 30.3 Å². The highest BCUT2D eigenvalue weighted by Crippen LogP contribution is 2.42. The van der Waals surface area contributed by atoms with Crippen LogP contribution in [-0.2, 0) is 9.59 Å². The summed E-state index contributed by atoms with van der Waals surface area (Å²) in [5.41, 5.74) is 1.77. The van der Waals surface area contributed by atoms with Crippen molar-refractivity contribution < 1.29 is 23.9 Å². The van der Waals surface area contributed by atoms with Crippen molar-refractivity contribution in [2.24, 2.45) is 0 Å². The number of carboxylic acid groups (broad SMARTS) is 1. The lowest BCUT2D eigenvalue weighted by molar-refractivity contribution is -0.148. The van der Waals surface area contributed by atoms with Gasteiger partial charge in [0, 0.05) is 17.0 Å². The lowest BCUT2D eigenvalue weighted by Crippen LogP contribution is -2.47. The fourth-order valence-corrected chi connectivity index (χ4v) is 4.53. The van der Waals surface area contributed by atoms with Crippen molar-refractivity contribution in [1.29, 1.82) is 0 Å². The lowest BCUT2D eigenvalue weighted by atomic mass is 10.1. The molecule has 0 aliphatic carbocycles. The smallest absolute Gasteiger partial charge is 0.327 e. The minimum absolute atomic E-state index is 0.134. The number of benzene rings is 2. The Morgan fingerprint density at radius 1 is 1.21 bits per heavy atom. The molecule has 3 amide bonds. The quantitative estimate of drug-likeness (QED) is 0.695. The maximum Gasteiger partial charge on any atom is 0.327 e. The molecule has 3 rings (SSSR count). The highest BCUT2D eigenvalue weighted by molar-refractivity contribution is 7.99. The van der Waals surface area contributed by atoms with Gasteiger partial charge in [0.25, 0.3) is 0 Å². The predicted octanol–water partition coefficient (Wildman–Crippen LogP) is 2.98. The van der Waals surface area contributed by atoms with Gasteiger partial charge in [-0.25, -0.2) is 14.0 Å². The van der Waals surface area contributed by atoms with Crippen molar-refractivity contribution in [2.45, 2.75) is 18.3 Å². The Balaban J connectivity index is 1.69. The number of thioether (sulfide) groups is 1. The summed E-state index contributed by atoms with van der Waals surface area (Å²) in [4.78, 5) is 37.6. The number of nitrogens with one attached hydrogen (secondary N) is 2. The number of anilines is 1. The van der Waals surface area contributed by atoms with Crippen molar-refractivity contribution in [1.82, 2.24) is 10.2 Å². The third kappa shape index (κ3) is 4.86. The van der Waals surface area contributed by atoms with Gasteiger partial charge in [0.1, 0.15) is 17.2 Å². The van der Waals surface area contributed by atoms with Crippen LogP contribution in [0.5, 0.6) is 0 Å². The van der Waals surface area contributed by atoms with Crippen LogP contribution in [0.1, 0.15) is 16.5 Å². The van der Waals surface area contributed by atoms with E-state index in [4.69, 9.17) is 0 Å². The summed E-state index contributed by atoms with van der Waals surface area (Å²) in [6.45, 7) is 1.47. The molecule has 152 valence electrons. The molecule has 29 heavy (non-hydrogen) atoms. The van der Waals surface area contributed by atoms with E-state index in [2.05, 4.69) is 10.6 Å². The number of carboxylic acids is 1. The molecular weight excluding hydrogens is 397 g/mol.